The van der Waals surface area contributed by atoms with Crippen LogP contribution in [0.15, 0.2) is 18.2 Å². The number of benzene rings is 1. The van der Waals surface area contributed by atoms with Gasteiger partial charge in [-0.3, -0.25) is 4.79 Å². The van der Waals surface area contributed by atoms with Gasteiger partial charge >= 0.3 is 0 Å². The number of unbranched alkanes of at least 4 members (excludes halogenated alkanes) is 1. The third kappa shape index (κ3) is 4.06. The quantitative estimate of drug-likeness (QED) is 0.775. The minimum absolute atomic E-state index is 0.0742. The van der Waals surface area contributed by atoms with Gasteiger partial charge in [-0.25, -0.2) is 4.39 Å². The summed E-state index contributed by atoms with van der Waals surface area (Å²) >= 11 is 0. The molecule has 0 spiro atoms. The van der Waals surface area contributed by atoms with Crippen molar-refractivity contribution in [1.82, 2.24) is 5.32 Å². The lowest BCUT2D eigenvalue weighted by molar-refractivity contribution is 0.0938. The molecule has 0 saturated carbocycles. The van der Waals surface area contributed by atoms with Crippen molar-refractivity contribution < 1.29 is 9.18 Å². The SMILES string of the molecule is CCCCC(C)NC(=O)c1cc(F)ccc1N. The molecule has 1 amide bonds. The molecule has 4 heteroatoms. The molecule has 1 aromatic rings. The number of nitrogen functional groups attached to an aromatic ring is 1. The number of nitrogens with two attached hydrogens (primary N) is 1. The van der Waals surface area contributed by atoms with Crippen LogP contribution in [0, 0.1) is 5.82 Å². The van der Waals surface area contributed by atoms with E-state index in [4.69, 9.17) is 5.73 Å². The molecule has 94 valence electrons. The van der Waals surface area contributed by atoms with E-state index in [0.29, 0.717) is 5.69 Å². The molecule has 1 aromatic carbocycles. The highest BCUT2D eigenvalue weighted by atomic mass is 19.1. The number of amides is 1. The molecular formula is C13H19FN2O. The van der Waals surface area contributed by atoms with Crippen molar-refractivity contribution in [2.24, 2.45) is 0 Å². The Morgan fingerprint density at radius 2 is 2.24 bits per heavy atom. The molecule has 0 saturated heterocycles. The van der Waals surface area contributed by atoms with E-state index in [1.165, 1.54) is 12.1 Å². The number of halogens is 1. The van der Waals surface area contributed by atoms with Gasteiger partial charge < -0.3 is 11.1 Å². The van der Waals surface area contributed by atoms with Crippen molar-refractivity contribution in [1.29, 1.82) is 0 Å². The van der Waals surface area contributed by atoms with E-state index in [1.807, 2.05) is 6.92 Å². The second-order valence-corrected chi connectivity index (χ2v) is 4.25. The number of hydrogen-bond acceptors (Lipinski definition) is 2. The van der Waals surface area contributed by atoms with Gasteiger partial charge in [0.25, 0.3) is 5.91 Å². The van der Waals surface area contributed by atoms with Crippen LogP contribution in [-0.4, -0.2) is 11.9 Å². The highest BCUT2D eigenvalue weighted by molar-refractivity contribution is 5.99. The van der Waals surface area contributed by atoms with Crippen LogP contribution in [0.5, 0.6) is 0 Å². The normalized spacial score (nSPS) is 12.2. The zero-order valence-electron chi connectivity index (χ0n) is 10.3. The minimum Gasteiger partial charge on any atom is -0.398 e. The molecule has 0 radical (unpaired) electrons. The van der Waals surface area contributed by atoms with Crippen LogP contribution in [0.2, 0.25) is 0 Å². The Labute approximate surface area is 101 Å². The van der Waals surface area contributed by atoms with Gasteiger partial charge in [0.1, 0.15) is 5.82 Å². The predicted molar refractivity (Wildman–Crippen MR) is 67.3 cm³/mol. The van der Waals surface area contributed by atoms with Gasteiger partial charge in [-0.15, -0.1) is 0 Å². The van der Waals surface area contributed by atoms with Crippen molar-refractivity contribution in [2.45, 2.75) is 39.2 Å². The second-order valence-electron chi connectivity index (χ2n) is 4.25. The summed E-state index contributed by atoms with van der Waals surface area (Å²) in [5, 5.41) is 2.81. The summed E-state index contributed by atoms with van der Waals surface area (Å²) in [6.07, 6.45) is 3.06. The average molecular weight is 238 g/mol. The van der Waals surface area contributed by atoms with E-state index >= 15 is 0 Å². The van der Waals surface area contributed by atoms with Crippen molar-refractivity contribution in [3.8, 4) is 0 Å². The molecule has 1 atom stereocenters. The van der Waals surface area contributed by atoms with Crippen molar-refractivity contribution in [3.63, 3.8) is 0 Å². The number of hydrogen-bond donors (Lipinski definition) is 2. The predicted octanol–water partition coefficient (Wildman–Crippen LogP) is 2.72. The number of anilines is 1. The van der Waals surface area contributed by atoms with E-state index in [2.05, 4.69) is 12.2 Å². The van der Waals surface area contributed by atoms with E-state index < -0.39 is 5.82 Å². The molecule has 1 unspecified atom stereocenters. The van der Waals surface area contributed by atoms with Crippen LogP contribution >= 0.6 is 0 Å². The maximum atomic E-state index is 13.0. The molecule has 1 rings (SSSR count). The summed E-state index contributed by atoms with van der Waals surface area (Å²) < 4.78 is 13.0. The molecule has 3 N–H and O–H groups in total. The maximum absolute atomic E-state index is 13.0. The fourth-order valence-corrected chi connectivity index (χ4v) is 1.61. The Balaban J connectivity index is 2.66. The van der Waals surface area contributed by atoms with Crippen LogP contribution in [0.25, 0.3) is 0 Å². The van der Waals surface area contributed by atoms with Crippen LogP contribution < -0.4 is 11.1 Å². The maximum Gasteiger partial charge on any atom is 0.253 e. The number of carbonyl (C=O) groups excluding carboxylic acids is 1. The fourth-order valence-electron chi connectivity index (χ4n) is 1.61. The topological polar surface area (TPSA) is 55.1 Å². The largest absolute Gasteiger partial charge is 0.398 e. The first-order valence-electron chi connectivity index (χ1n) is 5.90. The Morgan fingerprint density at radius 3 is 2.88 bits per heavy atom. The molecule has 0 heterocycles. The zero-order chi connectivity index (χ0) is 12.8. The van der Waals surface area contributed by atoms with Gasteiger partial charge in [0.05, 0.1) is 5.56 Å². The van der Waals surface area contributed by atoms with Gasteiger partial charge in [-0.05, 0) is 31.5 Å². The van der Waals surface area contributed by atoms with Crippen molar-refractivity contribution in [2.75, 3.05) is 5.73 Å². The lowest BCUT2D eigenvalue weighted by atomic mass is 10.1. The average Bonchev–Trinajstić information content (AvgIpc) is 2.29. The second kappa shape index (κ2) is 6.23. The van der Waals surface area contributed by atoms with Crippen molar-refractivity contribution in [3.05, 3.63) is 29.6 Å². The van der Waals surface area contributed by atoms with E-state index in [9.17, 15) is 9.18 Å². The Bertz CT molecular complexity index is 393. The number of nitrogens with one attached hydrogen (secondary N) is 1. The molecule has 0 aliphatic carbocycles. The highest BCUT2D eigenvalue weighted by Gasteiger charge is 2.13. The summed E-state index contributed by atoms with van der Waals surface area (Å²) in [6, 6.07) is 3.88. The van der Waals surface area contributed by atoms with Crippen LogP contribution in [0.1, 0.15) is 43.5 Å². The third-order valence-electron chi connectivity index (χ3n) is 2.63. The highest BCUT2D eigenvalue weighted by Crippen LogP contribution is 2.13. The Kier molecular flexibility index (Phi) is 4.94. The zero-order valence-corrected chi connectivity index (χ0v) is 10.3. The Hall–Kier alpha value is -1.58. The van der Waals surface area contributed by atoms with Gasteiger partial charge in [0.15, 0.2) is 0 Å². The lowest BCUT2D eigenvalue weighted by Crippen LogP contribution is -2.33. The standard InChI is InChI=1S/C13H19FN2O/c1-3-4-5-9(2)16-13(17)11-8-10(14)6-7-12(11)15/h6-9H,3-5,15H2,1-2H3,(H,16,17). The van der Waals surface area contributed by atoms with Gasteiger partial charge in [-0.2, -0.15) is 0 Å². The van der Waals surface area contributed by atoms with Gasteiger partial charge in [0.2, 0.25) is 0 Å². The molecule has 0 aliphatic heterocycles. The summed E-state index contributed by atoms with van der Waals surface area (Å²) in [5.41, 5.74) is 6.14. The minimum atomic E-state index is -0.453. The molecule has 0 fully saturated rings. The molecule has 0 bridgehead atoms. The van der Waals surface area contributed by atoms with E-state index in [0.717, 1.165) is 25.3 Å². The lowest BCUT2D eigenvalue weighted by Gasteiger charge is -2.14. The third-order valence-corrected chi connectivity index (χ3v) is 2.63. The number of rotatable bonds is 5. The number of carbonyl (C=O) groups is 1. The summed E-state index contributed by atoms with van der Waals surface area (Å²) in [4.78, 5) is 11.8. The first-order chi connectivity index (χ1) is 8.04. The van der Waals surface area contributed by atoms with Crippen LogP contribution in [0.3, 0.4) is 0 Å². The van der Waals surface area contributed by atoms with Gasteiger partial charge in [0, 0.05) is 11.7 Å². The first kappa shape index (κ1) is 13.5. The van der Waals surface area contributed by atoms with E-state index in [1.54, 1.807) is 0 Å². The van der Waals surface area contributed by atoms with Crippen LogP contribution in [0.4, 0.5) is 10.1 Å². The smallest absolute Gasteiger partial charge is 0.253 e. The van der Waals surface area contributed by atoms with Crippen LogP contribution in [-0.2, 0) is 0 Å². The summed E-state index contributed by atoms with van der Waals surface area (Å²) in [6.45, 7) is 4.03. The van der Waals surface area contributed by atoms with Gasteiger partial charge in [-0.1, -0.05) is 19.8 Å². The molecule has 0 aromatic heterocycles. The molecule has 0 aliphatic rings. The van der Waals surface area contributed by atoms with E-state index in [-0.39, 0.29) is 17.5 Å². The molecule has 3 nitrogen and oxygen atoms in total. The monoisotopic (exact) mass is 238 g/mol. The fraction of sp³-hybridized carbons (Fsp3) is 0.462. The summed E-state index contributed by atoms with van der Waals surface area (Å²) in [5.74, 6) is -0.767. The molecular weight excluding hydrogens is 219 g/mol. The molecule has 17 heavy (non-hydrogen) atoms. The van der Waals surface area contributed by atoms with Crippen molar-refractivity contribution >= 4 is 11.6 Å². The first-order valence-corrected chi connectivity index (χ1v) is 5.90. The Morgan fingerprint density at radius 1 is 1.53 bits per heavy atom. The summed E-state index contributed by atoms with van der Waals surface area (Å²) in [7, 11) is 0.